The lowest BCUT2D eigenvalue weighted by Crippen LogP contribution is -2.50. The molecule has 0 aliphatic rings. The van der Waals surface area contributed by atoms with E-state index in [1.807, 2.05) is 13.8 Å². The van der Waals surface area contributed by atoms with E-state index in [0.717, 1.165) is 4.90 Å². The second kappa shape index (κ2) is 6.85. The van der Waals surface area contributed by atoms with Gasteiger partial charge in [0.25, 0.3) is 0 Å². The van der Waals surface area contributed by atoms with Crippen molar-refractivity contribution in [3.63, 3.8) is 0 Å². The van der Waals surface area contributed by atoms with E-state index in [9.17, 15) is 14.4 Å². The second-order valence-electron chi connectivity index (χ2n) is 4.36. The van der Waals surface area contributed by atoms with Gasteiger partial charge in [0.2, 0.25) is 17.7 Å². The van der Waals surface area contributed by atoms with Crippen molar-refractivity contribution in [1.29, 1.82) is 0 Å². The molecule has 0 fully saturated rings. The molecule has 0 aromatic carbocycles. The summed E-state index contributed by atoms with van der Waals surface area (Å²) in [4.78, 5) is 34.4. The number of primary amides is 2. The van der Waals surface area contributed by atoms with Crippen LogP contribution >= 0.6 is 0 Å². The summed E-state index contributed by atoms with van der Waals surface area (Å²) >= 11 is 0. The maximum atomic E-state index is 11.8. The van der Waals surface area contributed by atoms with Crippen molar-refractivity contribution < 1.29 is 14.4 Å². The van der Waals surface area contributed by atoms with E-state index in [2.05, 4.69) is 0 Å². The van der Waals surface area contributed by atoms with E-state index >= 15 is 0 Å². The van der Waals surface area contributed by atoms with Gasteiger partial charge in [-0.25, -0.2) is 0 Å². The molecule has 0 radical (unpaired) electrons. The van der Waals surface area contributed by atoms with Crippen molar-refractivity contribution in [3.8, 4) is 0 Å². The highest BCUT2D eigenvalue weighted by molar-refractivity contribution is 5.90. The molecule has 3 amide bonds. The Balaban J connectivity index is 4.61. The molecular formula is C10H20N4O3. The predicted octanol–water partition coefficient (Wildman–Crippen LogP) is -1.84. The Morgan fingerprint density at radius 2 is 1.47 bits per heavy atom. The van der Waals surface area contributed by atoms with Crippen LogP contribution in [0.2, 0.25) is 0 Å². The van der Waals surface area contributed by atoms with Gasteiger partial charge < -0.3 is 22.1 Å². The molecule has 0 rings (SSSR count). The van der Waals surface area contributed by atoms with Gasteiger partial charge >= 0.3 is 0 Å². The Bertz CT molecular complexity index is 288. The van der Waals surface area contributed by atoms with E-state index < -0.39 is 23.8 Å². The zero-order valence-corrected chi connectivity index (χ0v) is 10.2. The van der Waals surface area contributed by atoms with Crippen LogP contribution in [-0.4, -0.2) is 41.8 Å². The molecule has 0 saturated carbocycles. The molecule has 98 valence electrons. The molecule has 6 N–H and O–H groups in total. The van der Waals surface area contributed by atoms with Gasteiger partial charge in [-0.1, -0.05) is 13.8 Å². The molecule has 0 aromatic heterocycles. The first kappa shape index (κ1) is 15.4. The first-order valence-corrected chi connectivity index (χ1v) is 5.35. The van der Waals surface area contributed by atoms with Gasteiger partial charge in [0.15, 0.2) is 0 Å². The number of hydrogen-bond acceptors (Lipinski definition) is 4. The van der Waals surface area contributed by atoms with E-state index in [1.165, 1.54) is 0 Å². The topological polar surface area (TPSA) is 133 Å². The number of hydrogen-bond donors (Lipinski definition) is 3. The average Bonchev–Trinajstić information content (AvgIpc) is 2.12. The Morgan fingerprint density at radius 3 is 1.76 bits per heavy atom. The van der Waals surface area contributed by atoms with Crippen molar-refractivity contribution in [2.24, 2.45) is 23.1 Å². The zero-order valence-electron chi connectivity index (χ0n) is 10.2. The second-order valence-corrected chi connectivity index (χ2v) is 4.36. The number of carbonyl (C=O) groups is 3. The van der Waals surface area contributed by atoms with Crippen LogP contribution in [-0.2, 0) is 14.4 Å². The first-order valence-electron chi connectivity index (χ1n) is 5.35. The van der Waals surface area contributed by atoms with Crippen LogP contribution in [0.25, 0.3) is 0 Å². The highest BCUT2D eigenvalue weighted by Crippen LogP contribution is 2.05. The highest BCUT2D eigenvalue weighted by Gasteiger charge is 2.24. The molecule has 0 bridgehead atoms. The molecule has 17 heavy (non-hydrogen) atoms. The summed E-state index contributed by atoms with van der Waals surface area (Å²) in [5.41, 5.74) is 15.6. The minimum Gasteiger partial charge on any atom is -0.368 e. The van der Waals surface area contributed by atoms with Crippen LogP contribution in [0.3, 0.4) is 0 Å². The summed E-state index contributed by atoms with van der Waals surface area (Å²) in [5, 5.41) is 0. The van der Waals surface area contributed by atoms with Gasteiger partial charge in [-0.05, 0) is 12.3 Å². The molecule has 0 aliphatic carbocycles. The van der Waals surface area contributed by atoms with Crippen LogP contribution in [0, 0.1) is 5.92 Å². The van der Waals surface area contributed by atoms with E-state index in [-0.39, 0.29) is 19.0 Å². The standard InChI is InChI=1S/C10H20N4O3/c1-6(2)3-7(11)10(17)14(4-8(12)15)5-9(13)16/h6-7H,3-5,11H2,1-2H3,(H2,12,15)(H2,13,16)/t7-/m0/s1. The molecule has 0 unspecified atom stereocenters. The normalized spacial score (nSPS) is 12.2. The fourth-order valence-corrected chi connectivity index (χ4v) is 1.43. The van der Waals surface area contributed by atoms with Crippen molar-refractivity contribution in [2.45, 2.75) is 26.3 Å². The summed E-state index contributed by atoms with van der Waals surface area (Å²) in [5.74, 6) is -1.68. The van der Waals surface area contributed by atoms with Crippen molar-refractivity contribution in [1.82, 2.24) is 4.90 Å². The Kier molecular flexibility index (Phi) is 6.19. The molecule has 1 atom stereocenters. The molecule has 0 spiro atoms. The molecular weight excluding hydrogens is 224 g/mol. The van der Waals surface area contributed by atoms with Crippen molar-refractivity contribution >= 4 is 17.7 Å². The molecule has 0 heterocycles. The summed E-state index contributed by atoms with van der Waals surface area (Å²) < 4.78 is 0. The smallest absolute Gasteiger partial charge is 0.240 e. The Morgan fingerprint density at radius 1 is 1.06 bits per heavy atom. The van der Waals surface area contributed by atoms with Gasteiger partial charge in [-0.2, -0.15) is 0 Å². The van der Waals surface area contributed by atoms with Gasteiger partial charge in [-0.3, -0.25) is 14.4 Å². The highest BCUT2D eigenvalue weighted by atomic mass is 16.2. The van der Waals surface area contributed by atoms with E-state index in [1.54, 1.807) is 0 Å². The van der Waals surface area contributed by atoms with Gasteiger partial charge in [0, 0.05) is 0 Å². The molecule has 7 heteroatoms. The number of rotatable bonds is 7. The van der Waals surface area contributed by atoms with Crippen LogP contribution in [0.4, 0.5) is 0 Å². The number of nitrogens with zero attached hydrogens (tertiary/aromatic N) is 1. The Hall–Kier alpha value is -1.63. The van der Waals surface area contributed by atoms with Crippen molar-refractivity contribution in [2.75, 3.05) is 13.1 Å². The predicted molar refractivity (Wildman–Crippen MR) is 62.4 cm³/mol. The van der Waals surface area contributed by atoms with Gasteiger partial charge in [0.1, 0.15) is 0 Å². The number of nitrogens with two attached hydrogens (primary N) is 3. The van der Waals surface area contributed by atoms with E-state index in [0.29, 0.717) is 6.42 Å². The lowest BCUT2D eigenvalue weighted by Gasteiger charge is -2.23. The third kappa shape index (κ3) is 6.52. The maximum absolute atomic E-state index is 11.8. The molecule has 0 saturated heterocycles. The zero-order chi connectivity index (χ0) is 13.6. The average molecular weight is 244 g/mol. The first-order chi connectivity index (χ1) is 7.73. The minimum atomic E-state index is -0.756. The fraction of sp³-hybridized carbons (Fsp3) is 0.700. The Labute approximate surface area is 100 Å². The number of carbonyl (C=O) groups excluding carboxylic acids is 3. The van der Waals surface area contributed by atoms with Gasteiger partial charge in [-0.15, -0.1) is 0 Å². The van der Waals surface area contributed by atoms with Crippen LogP contribution in [0.5, 0.6) is 0 Å². The quantitative estimate of drug-likeness (QED) is 0.485. The summed E-state index contributed by atoms with van der Waals surface area (Å²) in [7, 11) is 0. The summed E-state index contributed by atoms with van der Waals surface area (Å²) in [6, 6.07) is -0.756. The monoisotopic (exact) mass is 244 g/mol. The van der Waals surface area contributed by atoms with Crippen LogP contribution in [0.1, 0.15) is 20.3 Å². The fourth-order valence-electron chi connectivity index (χ4n) is 1.43. The SMILES string of the molecule is CC(C)C[C@H](N)C(=O)N(CC(N)=O)CC(N)=O. The van der Waals surface area contributed by atoms with Crippen LogP contribution in [0.15, 0.2) is 0 Å². The molecule has 0 aromatic rings. The van der Waals surface area contributed by atoms with Crippen LogP contribution < -0.4 is 17.2 Å². The maximum Gasteiger partial charge on any atom is 0.240 e. The van der Waals surface area contributed by atoms with Gasteiger partial charge in [0.05, 0.1) is 19.1 Å². The summed E-state index contributed by atoms with van der Waals surface area (Å²) in [6.45, 7) is 3.13. The molecule has 0 aliphatic heterocycles. The largest absolute Gasteiger partial charge is 0.368 e. The third-order valence-electron chi connectivity index (χ3n) is 2.05. The minimum absolute atomic E-state index is 0.234. The van der Waals surface area contributed by atoms with Crippen molar-refractivity contribution in [3.05, 3.63) is 0 Å². The lowest BCUT2D eigenvalue weighted by atomic mass is 10.0. The third-order valence-corrected chi connectivity index (χ3v) is 2.05. The summed E-state index contributed by atoms with van der Waals surface area (Å²) in [6.07, 6.45) is 0.465. The number of amides is 3. The lowest BCUT2D eigenvalue weighted by molar-refractivity contribution is -0.139. The molecule has 7 nitrogen and oxygen atoms in total. The van der Waals surface area contributed by atoms with E-state index in [4.69, 9.17) is 17.2 Å².